The second-order valence-electron chi connectivity index (χ2n) is 7.14. The van der Waals surface area contributed by atoms with Crippen molar-refractivity contribution in [3.05, 3.63) is 53.6 Å². The van der Waals surface area contributed by atoms with Gasteiger partial charge in [-0.15, -0.1) is 24.0 Å². The molecule has 2 aromatic carbocycles. The minimum Gasteiger partial charge on any atom is -0.497 e. The lowest BCUT2D eigenvalue weighted by Gasteiger charge is -2.17. The normalized spacial score (nSPS) is 14.0. The van der Waals surface area contributed by atoms with Crippen LogP contribution in [0.15, 0.2) is 47.5 Å². The summed E-state index contributed by atoms with van der Waals surface area (Å²) in [5, 5.41) is 6.68. The maximum atomic E-state index is 6.19. The lowest BCUT2D eigenvalue weighted by molar-refractivity contribution is 0.200. The average Bonchev–Trinajstić information content (AvgIpc) is 3.27. The summed E-state index contributed by atoms with van der Waals surface area (Å²) in [5.74, 6) is 3.18. The average molecular weight is 525 g/mol. The molecule has 0 atom stereocenters. The van der Waals surface area contributed by atoms with E-state index in [0.29, 0.717) is 19.2 Å². The summed E-state index contributed by atoms with van der Waals surface area (Å²) < 4.78 is 16.9. The molecule has 3 rings (SSSR count). The third-order valence-electron chi connectivity index (χ3n) is 5.10. The van der Waals surface area contributed by atoms with Gasteiger partial charge in [0.25, 0.3) is 0 Å². The Morgan fingerprint density at radius 3 is 2.27 bits per heavy atom. The van der Waals surface area contributed by atoms with Gasteiger partial charge >= 0.3 is 0 Å². The largest absolute Gasteiger partial charge is 0.497 e. The van der Waals surface area contributed by atoms with Crippen LogP contribution in [0.3, 0.4) is 0 Å². The van der Waals surface area contributed by atoms with Crippen molar-refractivity contribution in [2.24, 2.45) is 4.99 Å². The van der Waals surface area contributed by atoms with E-state index in [1.54, 1.807) is 21.3 Å². The summed E-state index contributed by atoms with van der Waals surface area (Å²) in [6.45, 7) is 1.30. The lowest BCUT2D eigenvalue weighted by Crippen LogP contribution is -2.36. The number of halogens is 1. The van der Waals surface area contributed by atoms with Crippen LogP contribution in [-0.4, -0.2) is 33.3 Å². The summed E-state index contributed by atoms with van der Waals surface area (Å²) in [4.78, 5) is 4.31. The molecule has 6 nitrogen and oxygen atoms in total. The maximum Gasteiger partial charge on any atom is 0.191 e. The van der Waals surface area contributed by atoms with Crippen molar-refractivity contribution in [3.8, 4) is 17.2 Å². The fraction of sp³-hybridized carbons (Fsp3) is 0.435. The molecule has 0 amide bonds. The standard InChI is InChI=1S/C23H31N3O3.HI/c1-24-23(25-15-17-7-6-10-20(13-17)27-2)26-16-18-11-12-21(28-3)22(14-18)29-19-8-4-5-9-19;/h6-7,10-14,19H,4-5,8-9,15-16H2,1-3H3,(H2,24,25,26);1H. The fourth-order valence-electron chi connectivity index (χ4n) is 3.48. The molecule has 164 valence electrons. The zero-order chi connectivity index (χ0) is 20.5. The molecule has 1 aliphatic rings. The molecule has 0 aliphatic heterocycles. The Kier molecular flexibility index (Phi) is 10.1. The topological polar surface area (TPSA) is 64.1 Å². The van der Waals surface area contributed by atoms with Gasteiger partial charge in [0.1, 0.15) is 5.75 Å². The van der Waals surface area contributed by atoms with E-state index in [-0.39, 0.29) is 24.0 Å². The molecule has 0 spiro atoms. The molecule has 30 heavy (non-hydrogen) atoms. The van der Waals surface area contributed by atoms with Gasteiger partial charge in [0, 0.05) is 20.1 Å². The van der Waals surface area contributed by atoms with Crippen LogP contribution in [0.5, 0.6) is 17.2 Å². The van der Waals surface area contributed by atoms with Gasteiger partial charge in [0.15, 0.2) is 17.5 Å². The maximum absolute atomic E-state index is 6.19. The molecular weight excluding hydrogens is 493 g/mol. The Morgan fingerprint density at radius 2 is 1.63 bits per heavy atom. The molecule has 0 bridgehead atoms. The van der Waals surface area contributed by atoms with Crippen LogP contribution in [0, 0.1) is 0 Å². The number of rotatable bonds is 8. The number of hydrogen-bond acceptors (Lipinski definition) is 4. The third-order valence-corrected chi connectivity index (χ3v) is 5.10. The van der Waals surface area contributed by atoms with E-state index in [1.807, 2.05) is 30.3 Å². The van der Waals surface area contributed by atoms with Crippen LogP contribution in [0.25, 0.3) is 0 Å². The Labute approximate surface area is 196 Å². The molecule has 1 saturated carbocycles. The van der Waals surface area contributed by atoms with Gasteiger partial charge in [-0.05, 0) is 61.1 Å². The number of nitrogens with zero attached hydrogens (tertiary/aromatic N) is 1. The Balaban J connectivity index is 0.00000320. The van der Waals surface area contributed by atoms with Gasteiger partial charge in [-0.2, -0.15) is 0 Å². The van der Waals surface area contributed by atoms with Crippen LogP contribution in [0.2, 0.25) is 0 Å². The first-order chi connectivity index (χ1) is 14.2. The zero-order valence-electron chi connectivity index (χ0n) is 17.9. The number of ether oxygens (including phenoxy) is 3. The molecule has 0 unspecified atom stereocenters. The van der Waals surface area contributed by atoms with Crippen molar-refractivity contribution in [3.63, 3.8) is 0 Å². The summed E-state index contributed by atoms with van der Waals surface area (Å²) in [7, 11) is 5.12. The first-order valence-corrected chi connectivity index (χ1v) is 10.1. The SMILES string of the molecule is CN=C(NCc1cccc(OC)c1)NCc1ccc(OC)c(OC2CCCC2)c1.I. The Hall–Kier alpha value is -2.16. The molecule has 2 aromatic rings. The number of guanidine groups is 1. The first kappa shape index (κ1) is 24.1. The van der Waals surface area contributed by atoms with Crippen molar-refractivity contribution in [2.75, 3.05) is 21.3 Å². The molecule has 1 aliphatic carbocycles. The highest BCUT2D eigenvalue weighted by Gasteiger charge is 2.18. The molecule has 2 N–H and O–H groups in total. The highest BCUT2D eigenvalue weighted by atomic mass is 127. The molecule has 0 radical (unpaired) electrons. The molecule has 0 heterocycles. The van der Waals surface area contributed by atoms with Crippen molar-refractivity contribution in [1.29, 1.82) is 0 Å². The Bertz CT molecular complexity index is 823. The van der Waals surface area contributed by atoms with E-state index in [2.05, 4.69) is 27.8 Å². The van der Waals surface area contributed by atoms with Gasteiger partial charge in [-0.25, -0.2) is 0 Å². The van der Waals surface area contributed by atoms with Gasteiger partial charge in [-0.3, -0.25) is 4.99 Å². The van der Waals surface area contributed by atoms with Crippen molar-refractivity contribution in [1.82, 2.24) is 10.6 Å². The minimum atomic E-state index is 0. The fourth-order valence-corrected chi connectivity index (χ4v) is 3.48. The van der Waals surface area contributed by atoms with Gasteiger partial charge < -0.3 is 24.8 Å². The number of methoxy groups -OCH3 is 2. The van der Waals surface area contributed by atoms with E-state index in [0.717, 1.165) is 47.2 Å². The van der Waals surface area contributed by atoms with E-state index in [9.17, 15) is 0 Å². The number of nitrogens with one attached hydrogen (secondary N) is 2. The quantitative estimate of drug-likeness (QED) is 0.302. The van der Waals surface area contributed by atoms with Crippen LogP contribution in [-0.2, 0) is 13.1 Å². The van der Waals surface area contributed by atoms with E-state index in [1.165, 1.54) is 12.8 Å². The van der Waals surface area contributed by atoms with Gasteiger partial charge in [-0.1, -0.05) is 18.2 Å². The number of aliphatic imine (C=N–C) groups is 1. The van der Waals surface area contributed by atoms with Crippen LogP contribution >= 0.6 is 24.0 Å². The monoisotopic (exact) mass is 525 g/mol. The summed E-state index contributed by atoms with van der Waals surface area (Å²) in [6, 6.07) is 14.0. The van der Waals surface area contributed by atoms with Crippen molar-refractivity contribution in [2.45, 2.75) is 44.9 Å². The smallest absolute Gasteiger partial charge is 0.191 e. The predicted octanol–water partition coefficient (Wildman–Crippen LogP) is 4.51. The summed E-state index contributed by atoms with van der Waals surface area (Å²) in [5.41, 5.74) is 2.24. The second kappa shape index (κ2) is 12.5. The predicted molar refractivity (Wildman–Crippen MR) is 131 cm³/mol. The molecule has 0 saturated heterocycles. The summed E-state index contributed by atoms with van der Waals surface area (Å²) >= 11 is 0. The molecular formula is C23H32IN3O3. The molecule has 7 heteroatoms. The van der Waals surface area contributed by atoms with Crippen LogP contribution < -0.4 is 24.8 Å². The second-order valence-corrected chi connectivity index (χ2v) is 7.14. The van der Waals surface area contributed by atoms with Gasteiger partial charge in [0.2, 0.25) is 0 Å². The highest BCUT2D eigenvalue weighted by molar-refractivity contribution is 14.0. The molecule has 1 fully saturated rings. The lowest BCUT2D eigenvalue weighted by atomic mass is 10.2. The van der Waals surface area contributed by atoms with E-state index >= 15 is 0 Å². The molecule has 0 aromatic heterocycles. The van der Waals surface area contributed by atoms with Crippen molar-refractivity contribution < 1.29 is 14.2 Å². The third kappa shape index (κ3) is 6.97. The van der Waals surface area contributed by atoms with Gasteiger partial charge in [0.05, 0.1) is 20.3 Å². The highest BCUT2D eigenvalue weighted by Crippen LogP contribution is 2.32. The zero-order valence-corrected chi connectivity index (χ0v) is 20.3. The van der Waals surface area contributed by atoms with Crippen molar-refractivity contribution >= 4 is 29.9 Å². The van der Waals surface area contributed by atoms with Crippen LogP contribution in [0.1, 0.15) is 36.8 Å². The number of hydrogen-bond donors (Lipinski definition) is 2. The Morgan fingerprint density at radius 1 is 0.933 bits per heavy atom. The number of benzene rings is 2. The van der Waals surface area contributed by atoms with E-state index < -0.39 is 0 Å². The van der Waals surface area contributed by atoms with Crippen LogP contribution in [0.4, 0.5) is 0 Å². The summed E-state index contributed by atoms with van der Waals surface area (Å²) in [6.07, 6.45) is 5.01. The minimum absolute atomic E-state index is 0. The van der Waals surface area contributed by atoms with E-state index in [4.69, 9.17) is 14.2 Å². The first-order valence-electron chi connectivity index (χ1n) is 10.1.